The lowest BCUT2D eigenvalue weighted by molar-refractivity contribution is -0.130. The molecule has 0 bridgehead atoms. The monoisotopic (exact) mass is 219 g/mol. The molecule has 1 aromatic rings. The van der Waals surface area contributed by atoms with Crippen LogP contribution >= 0.6 is 0 Å². The first kappa shape index (κ1) is 11.3. The molecule has 2 rings (SSSR count). The van der Waals surface area contributed by atoms with Gasteiger partial charge in [0.2, 0.25) is 0 Å². The Morgan fingerprint density at radius 3 is 2.69 bits per heavy atom. The van der Waals surface area contributed by atoms with E-state index < -0.39 is 0 Å². The molecule has 86 valence electrons. The Morgan fingerprint density at radius 2 is 2.12 bits per heavy atom. The van der Waals surface area contributed by atoms with Crippen LogP contribution in [0.4, 0.5) is 0 Å². The molecule has 0 aromatic carbocycles. The molecule has 16 heavy (non-hydrogen) atoms. The zero-order chi connectivity index (χ0) is 11.5. The van der Waals surface area contributed by atoms with E-state index in [0.717, 1.165) is 18.4 Å². The number of aromatic nitrogens is 1. The molecule has 1 saturated heterocycles. The highest BCUT2D eigenvalue weighted by molar-refractivity contribution is 5.89. The lowest BCUT2D eigenvalue weighted by Gasteiger charge is -2.15. The van der Waals surface area contributed by atoms with Crippen molar-refractivity contribution in [2.75, 3.05) is 0 Å². The van der Waals surface area contributed by atoms with Gasteiger partial charge >= 0.3 is 0 Å². The maximum atomic E-state index is 12.1. The third-order valence-electron chi connectivity index (χ3n) is 3.18. The number of hydrogen-bond acceptors (Lipinski definition) is 3. The van der Waals surface area contributed by atoms with Gasteiger partial charge in [-0.2, -0.15) is 0 Å². The molecule has 0 radical (unpaired) electrons. The second-order valence-electron chi connectivity index (χ2n) is 4.42. The van der Waals surface area contributed by atoms with Crippen molar-refractivity contribution in [3.63, 3.8) is 0 Å². The van der Waals surface area contributed by atoms with Crippen molar-refractivity contribution in [2.45, 2.75) is 44.8 Å². The molecule has 3 nitrogen and oxygen atoms in total. The SMILES string of the molecule is CC1CCC(C(=O)C(C)c2ccncc2)O1. The molecule has 0 amide bonds. The minimum Gasteiger partial charge on any atom is -0.367 e. The smallest absolute Gasteiger partial charge is 0.168 e. The number of hydrogen-bond donors (Lipinski definition) is 0. The van der Waals surface area contributed by atoms with E-state index in [1.165, 1.54) is 0 Å². The lowest BCUT2D eigenvalue weighted by atomic mass is 9.93. The van der Waals surface area contributed by atoms with Crippen molar-refractivity contribution in [3.8, 4) is 0 Å². The largest absolute Gasteiger partial charge is 0.367 e. The second kappa shape index (κ2) is 4.74. The van der Waals surface area contributed by atoms with E-state index in [9.17, 15) is 4.79 Å². The summed E-state index contributed by atoms with van der Waals surface area (Å²) in [5.41, 5.74) is 1.02. The summed E-state index contributed by atoms with van der Waals surface area (Å²) in [5.74, 6) is 0.0915. The predicted octanol–water partition coefficient (Wildman–Crippen LogP) is 2.32. The fourth-order valence-electron chi connectivity index (χ4n) is 2.11. The Labute approximate surface area is 95.8 Å². The zero-order valence-corrected chi connectivity index (χ0v) is 9.72. The predicted molar refractivity (Wildman–Crippen MR) is 61.2 cm³/mol. The normalized spacial score (nSPS) is 26.6. The number of carbonyl (C=O) groups is 1. The number of rotatable bonds is 3. The van der Waals surface area contributed by atoms with Crippen molar-refractivity contribution >= 4 is 5.78 Å². The summed E-state index contributed by atoms with van der Waals surface area (Å²) < 4.78 is 5.60. The summed E-state index contributed by atoms with van der Waals surface area (Å²) >= 11 is 0. The molecule has 1 fully saturated rings. The minimum atomic E-state index is -0.210. The molecule has 0 saturated carbocycles. The van der Waals surface area contributed by atoms with Crippen LogP contribution in [0.3, 0.4) is 0 Å². The fraction of sp³-hybridized carbons (Fsp3) is 0.538. The Bertz CT molecular complexity index is 363. The van der Waals surface area contributed by atoms with E-state index in [1.807, 2.05) is 26.0 Å². The molecule has 1 aromatic heterocycles. The van der Waals surface area contributed by atoms with Crippen molar-refractivity contribution in [3.05, 3.63) is 30.1 Å². The molecule has 3 heteroatoms. The summed E-state index contributed by atoms with van der Waals surface area (Å²) in [6.45, 7) is 3.95. The highest BCUT2D eigenvalue weighted by atomic mass is 16.5. The fourth-order valence-corrected chi connectivity index (χ4v) is 2.11. The van der Waals surface area contributed by atoms with Gasteiger partial charge < -0.3 is 4.74 Å². The van der Waals surface area contributed by atoms with E-state index >= 15 is 0 Å². The highest BCUT2D eigenvalue weighted by Gasteiger charge is 2.31. The Kier molecular flexibility index (Phi) is 3.34. The van der Waals surface area contributed by atoms with Crippen LogP contribution in [0, 0.1) is 0 Å². The number of ether oxygens (including phenoxy) is 1. The van der Waals surface area contributed by atoms with Gasteiger partial charge in [-0.25, -0.2) is 0 Å². The van der Waals surface area contributed by atoms with E-state index in [2.05, 4.69) is 4.98 Å². The Morgan fingerprint density at radius 1 is 1.44 bits per heavy atom. The van der Waals surface area contributed by atoms with Crippen molar-refractivity contribution in [1.82, 2.24) is 4.98 Å². The summed E-state index contributed by atoms with van der Waals surface area (Å²) in [7, 11) is 0. The van der Waals surface area contributed by atoms with Crippen molar-refractivity contribution in [2.24, 2.45) is 0 Å². The zero-order valence-electron chi connectivity index (χ0n) is 9.72. The number of Topliss-reactive ketones (excluding diaryl/α,β-unsaturated/α-hetero) is 1. The van der Waals surface area contributed by atoms with Crippen LogP contribution in [-0.2, 0) is 9.53 Å². The first-order valence-electron chi connectivity index (χ1n) is 5.77. The number of pyridine rings is 1. The van der Waals surface area contributed by atoms with Gasteiger partial charge in [0.05, 0.1) is 6.10 Å². The van der Waals surface area contributed by atoms with E-state index in [1.54, 1.807) is 12.4 Å². The molecule has 2 heterocycles. The molecule has 0 N–H and O–H groups in total. The van der Waals surface area contributed by atoms with Crippen LogP contribution < -0.4 is 0 Å². The third kappa shape index (κ3) is 2.30. The van der Waals surface area contributed by atoms with Gasteiger partial charge in [-0.1, -0.05) is 6.92 Å². The molecular weight excluding hydrogens is 202 g/mol. The van der Waals surface area contributed by atoms with Crippen molar-refractivity contribution < 1.29 is 9.53 Å². The van der Waals surface area contributed by atoms with Crippen LogP contribution in [0.15, 0.2) is 24.5 Å². The van der Waals surface area contributed by atoms with E-state index in [4.69, 9.17) is 4.74 Å². The number of carbonyl (C=O) groups excluding carboxylic acids is 1. The summed E-state index contributed by atoms with van der Waals surface area (Å²) in [5, 5.41) is 0. The maximum absolute atomic E-state index is 12.1. The van der Waals surface area contributed by atoms with Gasteiger partial charge in [-0.05, 0) is 37.5 Å². The molecule has 1 aliphatic rings. The second-order valence-corrected chi connectivity index (χ2v) is 4.42. The average molecular weight is 219 g/mol. The van der Waals surface area contributed by atoms with E-state index in [0.29, 0.717) is 0 Å². The van der Waals surface area contributed by atoms with Gasteiger partial charge in [0.1, 0.15) is 6.10 Å². The molecule has 0 aliphatic carbocycles. The van der Waals surface area contributed by atoms with Crippen LogP contribution in [0.25, 0.3) is 0 Å². The Balaban J connectivity index is 2.05. The number of nitrogens with zero attached hydrogens (tertiary/aromatic N) is 1. The van der Waals surface area contributed by atoms with Crippen LogP contribution in [0.2, 0.25) is 0 Å². The average Bonchev–Trinajstić information content (AvgIpc) is 2.75. The molecular formula is C13H17NO2. The van der Waals surface area contributed by atoms with Gasteiger partial charge in [0, 0.05) is 18.3 Å². The molecule has 0 spiro atoms. The van der Waals surface area contributed by atoms with Gasteiger partial charge in [0.15, 0.2) is 5.78 Å². The van der Waals surface area contributed by atoms with Crippen LogP contribution in [0.5, 0.6) is 0 Å². The van der Waals surface area contributed by atoms with Gasteiger partial charge in [-0.3, -0.25) is 9.78 Å². The summed E-state index contributed by atoms with van der Waals surface area (Å²) in [6, 6.07) is 3.78. The molecule has 3 atom stereocenters. The first-order chi connectivity index (χ1) is 7.68. The summed E-state index contributed by atoms with van der Waals surface area (Å²) in [4.78, 5) is 16.1. The first-order valence-corrected chi connectivity index (χ1v) is 5.77. The van der Waals surface area contributed by atoms with E-state index in [-0.39, 0.29) is 23.9 Å². The quantitative estimate of drug-likeness (QED) is 0.783. The van der Waals surface area contributed by atoms with Crippen LogP contribution in [0.1, 0.15) is 38.2 Å². The van der Waals surface area contributed by atoms with Crippen molar-refractivity contribution in [1.29, 1.82) is 0 Å². The number of ketones is 1. The minimum absolute atomic E-state index is 0.0988. The van der Waals surface area contributed by atoms with Crippen LogP contribution in [-0.4, -0.2) is 23.0 Å². The van der Waals surface area contributed by atoms with Gasteiger partial charge in [-0.15, -0.1) is 0 Å². The highest BCUT2D eigenvalue weighted by Crippen LogP contribution is 2.26. The summed E-state index contributed by atoms with van der Waals surface area (Å²) in [6.07, 6.45) is 5.29. The lowest BCUT2D eigenvalue weighted by Crippen LogP contribution is -2.25. The molecule has 3 unspecified atom stereocenters. The third-order valence-corrected chi connectivity index (χ3v) is 3.18. The Hall–Kier alpha value is -1.22. The topological polar surface area (TPSA) is 39.2 Å². The standard InChI is InChI=1S/C13H17NO2/c1-9-3-4-12(16-9)13(15)10(2)11-5-7-14-8-6-11/h5-10,12H,3-4H2,1-2H3. The molecule has 1 aliphatic heterocycles. The van der Waals surface area contributed by atoms with Gasteiger partial charge in [0.25, 0.3) is 0 Å². The maximum Gasteiger partial charge on any atom is 0.168 e.